The first-order chi connectivity index (χ1) is 8.72. The van der Waals surface area contributed by atoms with Gasteiger partial charge in [-0.3, -0.25) is 0 Å². The van der Waals surface area contributed by atoms with Crippen molar-refractivity contribution in [3.8, 4) is 5.75 Å². The molecule has 0 aromatic heterocycles. The van der Waals surface area contributed by atoms with Gasteiger partial charge in [-0.2, -0.15) is 0 Å². The highest BCUT2D eigenvalue weighted by atomic mass is 79.9. The van der Waals surface area contributed by atoms with Gasteiger partial charge in [0.25, 0.3) is 0 Å². The van der Waals surface area contributed by atoms with Crippen LogP contribution in [0, 0.1) is 0 Å². The normalized spacial score (nSPS) is 19.9. The summed E-state index contributed by atoms with van der Waals surface area (Å²) < 4.78 is 6.40. The predicted molar refractivity (Wildman–Crippen MR) is 79.6 cm³/mol. The van der Waals surface area contributed by atoms with Crippen LogP contribution in [0.15, 0.2) is 22.7 Å². The molecule has 1 unspecified atom stereocenters. The summed E-state index contributed by atoms with van der Waals surface area (Å²) in [6, 6.07) is 6.87. The maximum absolute atomic E-state index is 5.33. The Kier molecular flexibility index (Phi) is 4.89. The van der Waals surface area contributed by atoms with Crippen LogP contribution in [0.3, 0.4) is 0 Å². The molecule has 0 radical (unpaired) electrons. The number of nitrogens with one attached hydrogen (secondary N) is 1. The third-order valence-electron chi connectivity index (χ3n) is 3.37. The Hall–Kier alpha value is -0.740. The molecule has 1 aliphatic heterocycles. The zero-order valence-corrected chi connectivity index (χ0v) is 12.7. The molecule has 3 nitrogen and oxygen atoms in total. The van der Waals surface area contributed by atoms with Crippen molar-refractivity contribution < 1.29 is 4.74 Å². The number of hydrogen-bond acceptors (Lipinski definition) is 3. The van der Waals surface area contributed by atoms with Crippen molar-refractivity contribution in [2.45, 2.75) is 25.8 Å². The maximum atomic E-state index is 5.33. The number of likely N-dealkylation sites (N-methyl/N-ethyl adjacent to an activating group) is 1. The van der Waals surface area contributed by atoms with Crippen LogP contribution in [0.5, 0.6) is 5.75 Å². The lowest BCUT2D eigenvalue weighted by molar-refractivity contribution is 0.412. The van der Waals surface area contributed by atoms with Gasteiger partial charge in [-0.15, -0.1) is 0 Å². The molecule has 100 valence electrons. The third-order valence-corrected chi connectivity index (χ3v) is 3.83. The largest absolute Gasteiger partial charge is 0.497 e. The molecule has 0 saturated carbocycles. The quantitative estimate of drug-likeness (QED) is 0.925. The maximum Gasteiger partial charge on any atom is 0.122 e. The van der Waals surface area contributed by atoms with Crippen molar-refractivity contribution in [2.24, 2.45) is 0 Å². The van der Waals surface area contributed by atoms with Gasteiger partial charge in [0.1, 0.15) is 5.75 Å². The van der Waals surface area contributed by atoms with Crippen LogP contribution in [0.25, 0.3) is 0 Å². The number of methoxy groups -OCH3 is 1. The summed E-state index contributed by atoms with van der Waals surface area (Å²) in [4.78, 5) is 2.43. The summed E-state index contributed by atoms with van der Waals surface area (Å²) in [6.07, 6.45) is 2.52. The molecular weight excluding hydrogens is 292 g/mol. The molecule has 1 aromatic rings. The molecule has 0 amide bonds. The van der Waals surface area contributed by atoms with E-state index in [1.807, 2.05) is 6.07 Å². The number of benzene rings is 1. The first-order valence-electron chi connectivity index (χ1n) is 6.56. The van der Waals surface area contributed by atoms with E-state index in [1.165, 1.54) is 18.5 Å². The highest BCUT2D eigenvalue weighted by molar-refractivity contribution is 9.10. The van der Waals surface area contributed by atoms with E-state index in [9.17, 15) is 0 Å². The van der Waals surface area contributed by atoms with Gasteiger partial charge in [0, 0.05) is 35.4 Å². The van der Waals surface area contributed by atoms with Gasteiger partial charge < -0.3 is 15.0 Å². The van der Waals surface area contributed by atoms with Gasteiger partial charge in [0.05, 0.1) is 7.11 Å². The molecule has 1 aromatic carbocycles. The summed E-state index contributed by atoms with van der Waals surface area (Å²) in [6.45, 7) is 5.41. The van der Waals surface area contributed by atoms with Gasteiger partial charge in [0.2, 0.25) is 0 Å². The Balaban J connectivity index is 2.12. The molecule has 0 spiro atoms. The highest BCUT2D eigenvalue weighted by Crippen LogP contribution is 2.29. The minimum Gasteiger partial charge on any atom is -0.497 e. The average molecular weight is 313 g/mol. The molecule has 1 fully saturated rings. The van der Waals surface area contributed by atoms with Crippen molar-refractivity contribution in [3.63, 3.8) is 0 Å². The summed E-state index contributed by atoms with van der Waals surface area (Å²) in [5.74, 6) is 0.907. The first-order valence-corrected chi connectivity index (χ1v) is 7.35. The molecule has 1 atom stereocenters. The number of anilines is 1. The first kappa shape index (κ1) is 13.7. The fraction of sp³-hybridized carbons (Fsp3) is 0.571. The fourth-order valence-electron chi connectivity index (χ4n) is 2.52. The molecule has 18 heavy (non-hydrogen) atoms. The molecule has 0 aliphatic carbocycles. The van der Waals surface area contributed by atoms with E-state index in [1.54, 1.807) is 7.11 Å². The Morgan fingerprint density at radius 1 is 1.44 bits per heavy atom. The molecule has 1 heterocycles. The van der Waals surface area contributed by atoms with Crippen molar-refractivity contribution in [1.82, 2.24) is 5.32 Å². The molecule has 4 heteroatoms. The lowest BCUT2D eigenvalue weighted by Crippen LogP contribution is -2.45. The number of ether oxygens (including phenoxy) is 1. The average Bonchev–Trinajstić information content (AvgIpc) is 2.39. The van der Waals surface area contributed by atoms with Gasteiger partial charge in [0.15, 0.2) is 0 Å². The molecule has 2 rings (SSSR count). The summed E-state index contributed by atoms with van der Waals surface area (Å²) in [7, 11) is 1.71. The summed E-state index contributed by atoms with van der Waals surface area (Å²) in [5, 5.41) is 3.54. The fourth-order valence-corrected chi connectivity index (χ4v) is 2.98. The second-order valence-electron chi connectivity index (χ2n) is 4.69. The van der Waals surface area contributed by atoms with Crippen LogP contribution in [0.1, 0.15) is 19.8 Å². The Bertz CT molecular complexity index is 395. The monoisotopic (exact) mass is 312 g/mol. The van der Waals surface area contributed by atoms with E-state index < -0.39 is 0 Å². The lowest BCUT2D eigenvalue weighted by Gasteiger charge is -2.35. The van der Waals surface area contributed by atoms with Crippen LogP contribution in [0.2, 0.25) is 0 Å². The zero-order chi connectivity index (χ0) is 13.0. The number of piperidine rings is 1. The number of hydrogen-bond donors (Lipinski definition) is 1. The number of nitrogens with zero attached hydrogens (tertiary/aromatic N) is 1. The topological polar surface area (TPSA) is 24.5 Å². The molecule has 0 bridgehead atoms. The van der Waals surface area contributed by atoms with Crippen LogP contribution in [0.4, 0.5) is 5.69 Å². The van der Waals surface area contributed by atoms with Crippen LogP contribution in [-0.4, -0.2) is 32.8 Å². The van der Waals surface area contributed by atoms with Crippen LogP contribution >= 0.6 is 15.9 Å². The Morgan fingerprint density at radius 3 is 3.00 bits per heavy atom. The Morgan fingerprint density at radius 2 is 2.28 bits per heavy atom. The SMILES string of the molecule is CCNC1CCCN(c2cc(Br)cc(OC)c2)C1. The molecule has 1 N–H and O–H groups in total. The van der Waals surface area contributed by atoms with Crippen molar-refractivity contribution in [2.75, 3.05) is 31.6 Å². The van der Waals surface area contributed by atoms with E-state index in [2.05, 4.69) is 45.2 Å². The predicted octanol–water partition coefficient (Wildman–Crippen LogP) is 3.04. The van der Waals surface area contributed by atoms with Gasteiger partial charge in [-0.05, 0) is 31.5 Å². The van der Waals surface area contributed by atoms with E-state index >= 15 is 0 Å². The van der Waals surface area contributed by atoms with E-state index in [0.717, 1.165) is 29.9 Å². The molecule has 1 saturated heterocycles. The van der Waals surface area contributed by atoms with Crippen molar-refractivity contribution in [3.05, 3.63) is 22.7 Å². The second kappa shape index (κ2) is 6.43. The van der Waals surface area contributed by atoms with Gasteiger partial charge in [-0.1, -0.05) is 22.9 Å². The Labute approximate surface area is 118 Å². The minimum atomic E-state index is 0.605. The number of halogens is 1. The molecular formula is C14H21BrN2O. The zero-order valence-electron chi connectivity index (χ0n) is 11.1. The third kappa shape index (κ3) is 3.39. The van der Waals surface area contributed by atoms with E-state index in [4.69, 9.17) is 4.74 Å². The lowest BCUT2D eigenvalue weighted by atomic mass is 10.0. The smallest absolute Gasteiger partial charge is 0.122 e. The summed E-state index contributed by atoms with van der Waals surface area (Å²) >= 11 is 3.54. The van der Waals surface area contributed by atoms with E-state index in [0.29, 0.717) is 6.04 Å². The van der Waals surface area contributed by atoms with Gasteiger partial charge >= 0.3 is 0 Å². The van der Waals surface area contributed by atoms with Crippen LogP contribution < -0.4 is 15.0 Å². The van der Waals surface area contributed by atoms with Gasteiger partial charge in [-0.25, -0.2) is 0 Å². The second-order valence-corrected chi connectivity index (χ2v) is 5.61. The summed E-state index contributed by atoms with van der Waals surface area (Å²) in [5.41, 5.74) is 1.24. The van der Waals surface area contributed by atoms with E-state index in [-0.39, 0.29) is 0 Å². The standard InChI is InChI=1S/C14H21BrN2O/c1-3-16-12-5-4-6-17(10-12)13-7-11(15)8-14(9-13)18-2/h7-9,12,16H,3-6,10H2,1-2H3. The highest BCUT2D eigenvalue weighted by Gasteiger charge is 2.19. The number of rotatable bonds is 4. The van der Waals surface area contributed by atoms with Crippen LogP contribution in [-0.2, 0) is 0 Å². The molecule has 1 aliphatic rings. The minimum absolute atomic E-state index is 0.605. The van der Waals surface area contributed by atoms with Crippen molar-refractivity contribution >= 4 is 21.6 Å². The van der Waals surface area contributed by atoms with Crippen molar-refractivity contribution in [1.29, 1.82) is 0 Å².